The maximum atomic E-state index is 13.8. The first kappa shape index (κ1) is 20.5. The van der Waals surface area contributed by atoms with Crippen LogP contribution in [0.1, 0.15) is 24.0 Å². The van der Waals surface area contributed by atoms with Gasteiger partial charge in [-0.2, -0.15) is 0 Å². The van der Waals surface area contributed by atoms with Gasteiger partial charge in [-0.25, -0.2) is 4.39 Å². The molecule has 0 amide bonds. The highest BCUT2D eigenvalue weighted by molar-refractivity contribution is 5.46. The molecule has 3 rings (SSSR count). The molecule has 2 aromatic carbocycles. The largest absolute Gasteiger partial charge is 1.00 e. The van der Waals surface area contributed by atoms with Crippen molar-refractivity contribution >= 4 is 0 Å². The molecule has 4 nitrogen and oxygen atoms in total. The fourth-order valence-electron chi connectivity index (χ4n) is 2.96. The highest BCUT2D eigenvalue weighted by Gasteiger charge is 2.16. The maximum absolute atomic E-state index is 13.8. The lowest BCUT2D eigenvalue weighted by molar-refractivity contribution is -0.00000754. The fourth-order valence-corrected chi connectivity index (χ4v) is 2.96. The molecule has 1 N–H and O–H groups in total. The smallest absolute Gasteiger partial charge is 0.166 e. The average molecular weight is 381 g/mol. The molecule has 0 aromatic heterocycles. The van der Waals surface area contributed by atoms with Crippen molar-refractivity contribution in [2.24, 2.45) is 0 Å². The molecular weight excluding hydrogens is 357 g/mol. The summed E-state index contributed by atoms with van der Waals surface area (Å²) in [5.41, 5.74) is 1.50. The number of rotatable bonds is 8. The van der Waals surface area contributed by atoms with Crippen molar-refractivity contribution in [3.8, 4) is 11.5 Å². The number of para-hydroxylation sites is 1. The number of halogens is 2. The number of nitrogens with one attached hydrogen (secondary N) is 1. The van der Waals surface area contributed by atoms with Gasteiger partial charge >= 0.3 is 0 Å². The van der Waals surface area contributed by atoms with Gasteiger partial charge in [0.1, 0.15) is 12.4 Å². The Morgan fingerprint density at radius 1 is 1.15 bits per heavy atom. The van der Waals surface area contributed by atoms with Crippen molar-refractivity contribution in [1.82, 2.24) is 5.32 Å². The Bertz CT molecular complexity index is 693. The van der Waals surface area contributed by atoms with Gasteiger partial charge in [0.2, 0.25) is 0 Å². The van der Waals surface area contributed by atoms with Crippen LogP contribution >= 0.6 is 0 Å². The summed E-state index contributed by atoms with van der Waals surface area (Å²) in [4.78, 5) is 0. The molecule has 1 saturated heterocycles. The molecule has 142 valence electrons. The third kappa shape index (κ3) is 5.34. The Morgan fingerprint density at radius 2 is 1.96 bits per heavy atom. The molecule has 2 aromatic rings. The van der Waals surface area contributed by atoms with Crippen molar-refractivity contribution in [3.05, 3.63) is 59.4 Å². The standard InChI is InChI=1S/C20H24FNO3.ClH/c1-23-19-10-4-7-15(12-22-13-17-8-5-11-24-17)20(19)25-14-16-6-2-3-9-18(16)21;/h2-4,6-7,9-10,17,22H,5,8,11-14H2,1H3;1H/p-1. The van der Waals surface area contributed by atoms with Crippen LogP contribution in [0.3, 0.4) is 0 Å². The van der Waals surface area contributed by atoms with Gasteiger partial charge in [-0.1, -0.05) is 30.3 Å². The van der Waals surface area contributed by atoms with Crippen LogP contribution in [0, 0.1) is 5.82 Å². The van der Waals surface area contributed by atoms with Crippen LogP contribution in [0.4, 0.5) is 4.39 Å². The van der Waals surface area contributed by atoms with Crippen LogP contribution in [-0.2, 0) is 17.9 Å². The Labute approximate surface area is 160 Å². The molecule has 1 fully saturated rings. The highest BCUT2D eigenvalue weighted by Crippen LogP contribution is 2.32. The van der Waals surface area contributed by atoms with E-state index in [2.05, 4.69) is 5.32 Å². The van der Waals surface area contributed by atoms with Gasteiger partial charge in [-0.15, -0.1) is 0 Å². The minimum Gasteiger partial charge on any atom is -1.00 e. The number of hydrogen-bond acceptors (Lipinski definition) is 4. The molecule has 1 heterocycles. The fraction of sp³-hybridized carbons (Fsp3) is 0.400. The third-order valence-corrected chi connectivity index (χ3v) is 4.32. The quantitative estimate of drug-likeness (QED) is 0.731. The van der Waals surface area contributed by atoms with E-state index in [9.17, 15) is 4.39 Å². The second kappa shape index (κ2) is 10.4. The van der Waals surface area contributed by atoms with E-state index in [1.165, 1.54) is 6.07 Å². The van der Waals surface area contributed by atoms with E-state index in [0.717, 1.165) is 31.6 Å². The van der Waals surface area contributed by atoms with Gasteiger partial charge in [-0.3, -0.25) is 0 Å². The zero-order valence-corrected chi connectivity index (χ0v) is 15.6. The minimum absolute atomic E-state index is 0. The molecule has 26 heavy (non-hydrogen) atoms. The normalized spacial score (nSPS) is 16.2. The first-order valence-electron chi connectivity index (χ1n) is 8.62. The van der Waals surface area contributed by atoms with E-state index in [-0.39, 0.29) is 30.9 Å². The number of ether oxygens (including phenoxy) is 3. The maximum Gasteiger partial charge on any atom is 0.166 e. The molecule has 1 aliphatic heterocycles. The Hall–Kier alpha value is -1.82. The minimum atomic E-state index is -0.268. The van der Waals surface area contributed by atoms with Crippen LogP contribution in [0.25, 0.3) is 0 Å². The topological polar surface area (TPSA) is 39.7 Å². The summed E-state index contributed by atoms with van der Waals surface area (Å²) >= 11 is 0. The summed E-state index contributed by atoms with van der Waals surface area (Å²) in [6, 6.07) is 12.4. The Kier molecular flexibility index (Phi) is 8.16. The van der Waals surface area contributed by atoms with E-state index in [1.54, 1.807) is 25.3 Å². The lowest BCUT2D eigenvalue weighted by Crippen LogP contribution is -3.00. The zero-order valence-electron chi connectivity index (χ0n) is 14.8. The Morgan fingerprint density at radius 3 is 2.69 bits per heavy atom. The van der Waals surface area contributed by atoms with Crippen molar-refractivity contribution < 1.29 is 31.0 Å². The predicted molar refractivity (Wildman–Crippen MR) is 94.4 cm³/mol. The number of hydrogen-bond donors (Lipinski definition) is 1. The van der Waals surface area contributed by atoms with Crippen molar-refractivity contribution in [2.75, 3.05) is 20.3 Å². The molecule has 0 aliphatic carbocycles. The van der Waals surface area contributed by atoms with Crippen LogP contribution in [-0.4, -0.2) is 26.4 Å². The summed E-state index contributed by atoms with van der Waals surface area (Å²) in [5.74, 6) is 1.02. The molecule has 0 radical (unpaired) electrons. The average Bonchev–Trinajstić information content (AvgIpc) is 3.15. The van der Waals surface area contributed by atoms with Gasteiger partial charge in [-0.05, 0) is 25.0 Å². The third-order valence-electron chi connectivity index (χ3n) is 4.32. The van der Waals surface area contributed by atoms with Crippen LogP contribution in [0.5, 0.6) is 11.5 Å². The van der Waals surface area contributed by atoms with Gasteiger partial charge in [0.25, 0.3) is 0 Å². The number of benzene rings is 2. The van der Waals surface area contributed by atoms with E-state index < -0.39 is 0 Å². The lowest BCUT2D eigenvalue weighted by Gasteiger charge is -2.17. The van der Waals surface area contributed by atoms with Crippen molar-refractivity contribution in [2.45, 2.75) is 32.1 Å². The lowest BCUT2D eigenvalue weighted by atomic mass is 10.1. The van der Waals surface area contributed by atoms with Crippen LogP contribution in [0.15, 0.2) is 42.5 Å². The first-order valence-corrected chi connectivity index (χ1v) is 8.62. The van der Waals surface area contributed by atoms with E-state index in [0.29, 0.717) is 23.6 Å². The van der Waals surface area contributed by atoms with Gasteiger partial charge in [0, 0.05) is 30.8 Å². The SMILES string of the molecule is COc1cccc(CNCC2CCCO2)c1OCc1ccccc1F.[Cl-]. The summed E-state index contributed by atoms with van der Waals surface area (Å²) < 4.78 is 30.8. The van der Waals surface area contributed by atoms with E-state index in [1.807, 2.05) is 18.2 Å². The van der Waals surface area contributed by atoms with Crippen LogP contribution in [0.2, 0.25) is 0 Å². The second-order valence-corrected chi connectivity index (χ2v) is 6.09. The first-order chi connectivity index (χ1) is 12.3. The van der Waals surface area contributed by atoms with Crippen LogP contribution < -0.4 is 27.2 Å². The van der Waals surface area contributed by atoms with Gasteiger partial charge in [0.15, 0.2) is 11.5 Å². The van der Waals surface area contributed by atoms with Crippen molar-refractivity contribution in [3.63, 3.8) is 0 Å². The highest BCUT2D eigenvalue weighted by atomic mass is 35.5. The molecule has 0 bridgehead atoms. The van der Waals surface area contributed by atoms with Gasteiger partial charge < -0.3 is 31.9 Å². The van der Waals surface area contributed by atoms with Crippen molar-refractivity contribution in [1.29, 1.82) is 0 Å². The molecular formula is C20H24ClFNO3-. The summed E-state index contributed by atoms with van der Waals surface area (Å²) in [5, 5.41) is 3.41. The summed E-state index contributed by atoms with van der Waals surface area (Å²) in [6.07, 6.45) is 2.51. The molecule has 1 aliphatic rings. The monoisotopic (exact) mass is 380 g/mol. The predicted octanol–water partition coefficient (Wildman–Crippen LogP) is 0.686. The van der Waals surface area contributed by atoms with Gasteiger partial charge in [0.05, 0.1) is 13.2 Å². The Balaban J connectivity index is 0.00000243. The number of methoxy groups -OCH3 is 1. The van der Waals surface area contributed by atoms with E-state index >= 15 is 0 Å². The molecule has 0 saturated carbocycles. The molecule has 1 atom stereocenters. The molecule has 0 spiro atoms. The molecule has 6 heteroatoms. The van der Waals surface area contributed by atoms with E-state index in [4.69, 9.17) is 14.2 Å². The zero-order chi connectivity index (χ0) is 17.5. The summed E-state index contributed by atoms with van der Waals surface area (Å²) in [7, 11) is 1.61. The second-order valence-electron chi connectivity index (χ2n) is 6.09. The molecule has 1 unspecified atom stereocenters. The summed E-state index contributed by atoms with van der Waals surface area (Å²) in [6.45, 7) is 2.46.